The van der Waals surface area contributed by atoms with Crippen molar-refractivity contribution in [2.24, 2.45) is 0 Å². The van der Waals surface area contributed by atoms with Crippen molar-refractivity contribution < 1.29 is 27.8 Å². The molecule has 0 aliphatic heterocycles. The molecule has 0 bridgehead atoms. The fourth-order valence-electron chi connectivity index (χ4n) is 4.35. The highest BCUT2D eigenvalue weighted by atomic mass is 19.4. The standard InChI is InChI=1S/C30H26F3N5O3/c31-30(32,33)23-13-15-26(34-19-23)37-20-22(29(36-37)21-8-3-1-4-9-21)10-7-17-41-27-18-25(14-16-28(39)40)38(35-27)24-11-5-2-6-12-24/h1-6,8-9,11-13,15,18-20H,7,10,14,16-17H2,(H,39,40). The van der Waals surface area contributed by atoms with Crippen molar-refractivity contribution in [1.82, 2.24) is 24.5 Å². The monoisotopic (exact) mass is 561 g/mol. The number of carboxylic acid groups (broad SMARTS) is 1. The zero-order valence-electron chi connectivity index (χ0n) is 21.8. The van der Waals surface area contributed by atoms with Crippen LogP contribution in [0.5, 0.6) is 5.88 Å². The van der Waals surface area contributed by atoms with Crippen LogP contribution in [0.25, 0.3) is 22.8 Å². The molecule has 41 heavy (non-hydrogen) atoms. The molecule has 0 amide bonds. The molecule has 0 radical (unpaired) electrons. The second kappa shape index (κ2) is 12.1. The highest BCUT2D eigenvalue weighted by molar-refractivity contribution is 5.67. The molecular weight excluding hydrogens is 535 g/mol. The highest BCUT2D eigenvalue weighted by Crippen LogP contribution is 2.29. The summed E-state index contributed by atoms with van der Waals surface area (Å²) in [4.78, 5) is 15.1. The van der Waals surface area contributed by atoms with Gasteiger partial charge in [-0.25, -0.2) is 14.3 Å². The summed E-state index contributed by atoms with van der Waals surface area (Å²) in [6.45, 7) is 0.335. The predicted molar refractivity (Wildman–Crippen MR) is 145 cm³/mol. The van der Waals surface area contributed by atoms with Crippen LogP contribution in [0.2, 0.25) is 0 Å². The van der Waals surface area contributed by atoms with Gasteiger partial charge >= 0.3 is 12.1 Å². The average Bonchev–Trinajstić information content (AvgIpc) is 3.59. The lowest BCUT2D eigenvalue weighted by Crippen LogP contribution is -2.07. The van der Waals surface area contributed by atoms with Gasteiger partial charge in [-0.15, -0.1) is 5.10 Å². The summed E-state index contributed by atoms with van der Waals surface area (Å²) < 4.78 is 48.1. The van der Waals surface area contributed by atoms with Crippen LogP contribution in [-0.2, 0) is 23.8 Å². The molecule has 0 aliphatic carbocycles. The molecule has 8 nitrogen and oxygen atoms in total. The Hall–Kier alpha value is -4.93. The van der Waals surface area contributed by atoms with Crippen LogP contribution in [-0.4, -0.2) is 42.2 Å². The van der Waals surface area contributed by atoms with E-state index in [4.69, 9.17) is 9.84 Å². The molecule has 1 N–H and O–H groups in total. The Balaban J connectivity index is 1.31. The Morgan fingerprint density at radius 1 is 0.927 bits per heavy atom. The molecule has 0 spiro atoms. The topological polar surface area (TPSA) is 95.1 Å². The van der Waals surface area contributed by atoms with E-state index in [0.29, 0.717) is 37.4 Å². The number of pyridine rings is 1. The first kappa shape index (κ1) is 27.6. The molecule has 0 aliphatic rings. The van der Waals surface area contributed by atoms with Crippen molar-refractivity contribution in [1.29, 1.82) is 0 Å². The number of carbonyl (C=O) groups is 1. The van der Waals surface area contributed by atoms with Gasteiger partial charge in [0.2, 0.25) is 5.88 Å². The third kappa shape index (κ3) is 6.81. The van der Waals surface area contributed by atoms with E-state index in [1.165, 1.54) is 10.7 Å². The van der Waals surface area contributed by atoms with Gasteiger partial charge in [0.15, 0.2) is 5.82 Å². The molecular formula is C30H26F3N5O3. The SMILES string of the molecule is O=C(O)CCc1cc(OCCCc2cn(-c3ccc(C(F)(F)F)cn3)nc2-c2ccccc2)nn1-c1ccccc1. The van der Waals surface area contributed by atoms with Crippen molar-refractivity contribution in [3.63, 3.8) is 0 Å². The molecule has 2 aromatic carbocycles. The first-order valence-corrected chi connectivity index (χ1v) is 12.9. The molecule has 3 heterocycles. The number of alkyl halides is 3. The second-order valence-electron chi connectivity index (χ2n) is 9.28. The number of nitrogens with zero attached hydrogens (tertiary/aromatic N) is 5. The number of carboxylic acids is 1. The molecule has 11 heteroatoms. The van der Waals surface area contributed by atoms with Crippen molar-refractivity contribution in [3.05, 3.63) is 108 Å². The van der Waals surface area contributed by atoms with E-state index >= 15 is 0 Å². The molecule has 0 fully saturated rings. The number of halogens is 3. The minimum Gasteiger partial charge on any atom is -0.481 e. The summed E-state index contributed by atoms with van der Waals surface area (Å²) in [6.07, 6.45) is -0.441. The summed E-state index contributed by atoms with van der Waals surface area (Å²) in [7, 11) is 0. The molecule has 0 saturated carbocycles. The van der Waals surface area contributed by atoms with Gasteiger partial charge in [0.25, 0.3) is 0 Å². The quantitative estimate of drug-likeness (QED) is 0.194. The Morgan fingerprint density at radius 3 is 2.32 bits per heavy atom. The van der Waals surface area contributed by atoms with E-state index in [1.54, 1.807) is 16.9 Å². The molecule has 5 aromatic rings. The van der Waals surface area contributed by atoms with Crippen LogP contribution in [0, 0.1) is 0 Å². The lowest BCUT2D eigenvalue weighted by Gasteiger charge is -2.06. The number of hydrogen-bond donors (Lipinski definition) is 1. The zero-order chi connectivity index (χ0) is 28.8. The van der Waals surface area contributed by atoms with E-state index in [0.717, 1.165) is 34.8 Å². The van der Waals surface area contributed by atoms with Crippen LogP contribution in [0.1, 0.15) is 29.7 Å². The first-order chi connectivity index (χ1) is 19.8. The molecule has 0 saturated heterocycles. The summed E-state index contributed by atoms with van der Waals surface area (Å²) in [5, 5.41) is 18.3. The van der Waals surface area contributed by atoms with Crippen molar-refractivity contribution >= 4 is 5.97 Å². The minimum absolute atomic E-state index is 0.0298. The van der Waals surface area contributed by atoms with Gasteiger partial charge in [-0.05, 0) is 42.7 Å². The van der Waals surface area contributed by atoms with Crippen molar-refractivity contribution in [2.45, 2.75) is 31.9 Å². The van der Waals surface area contributed by atoms with E-state index in [-0.39, 0.29) is 12.2 Å². The number of aliphatic carboxylic acids is 1. The summed E-state index contributed by atoms with van der Waals surface area (Å²) >= 11 is 0. The van der Waals surface area contributed by atoms with Gasteiger partial charge in [-0.2, -0.15) is 18.3 Å². The molecule has 0 unspecified atom stereocenters. The van der Waals surface area contributed by atoms with Crippen LogP contribution < -0.4 is 4.74 Å². The van der Waals surface area contributed by atoms with Gasteiger partial charge in [-0.3, -0.25) is 4.79 Å². The third-order valence-electron chi connectivity index (χ3n) is 6.34. The Labute approximate surface area is 233 Å². The van der Waals surface area contributed by atoms with Gasteiger partial charge in [0.1, 0.15) is 0 Å². The van der Waals surface area contributed by atoms with E-state index in [2.05, 4.69) is 15.2 Å². The van der Waals surface area contributed by atoms with E-state index in [9.17, 15) is 18.0 Å². The van der Waals surface area contributed by atoms with Crippen LogP contribution in [0.15, 0.2) is 91.3 Å². The predicted octanol–water partition coefficient (Wildman–Crippen LogP) is 6.17. The average molecular weight is 562 g/mol. The van der Waals surface area contributed by atoms with E-state index in [1.807, 2.05) is 60.7 Å². The minimum atomic E-state index is -4.47. The first-order valence-electron chi connectivity index (χ1n) is 12.9. The van der Waals surface area contributed by atoms with Crippen molar-refractivity contribution in [3.8, 4) is 28.6 Å². The number of hydrogen-bond acceptors (Lipinski definition) is 5. The number of aryl methyl sites for hydroxylation is 2. The second-order valence-corrected chi connectivity index (χ2v) is 9.28. The highest BCUT2D eigenvalue weighted by Gasteiger charge is 2.30. The fourth-order valence-corrected chi connectivity index (χ4v) is 4.35. The van der Waals surface area contributed by atoms with Gasteiger partial charge in [-0.1, -0.05) is 48.5 Å². The van der Waals surface area contributed by atoms with Crippen LogP contribution in [0.3, 0.4) is 0 Å². The summed E-state index contributed by atoms with van der Waals surface area (Å²) in [5.41, 5.74) is 3.17. The lowest BCUT2D eigenvalue weighted by molar-refractivity contribution is -0.138. The number of rotatable bonds is 11. The normalized spacial score (nSPS) is 11.5. The van der Waals surface area contributed by atoms with Gasteiger partial charge in [0.05, 0.1) is 30.0 Å². The number of benzene rings is 2. The Morgan fingerprint density at radius 2 is 1.66 bits per heavy atom. The Kier molecular flexibility index (Phi) is 8.14. The zero-order valence-corrected chi connectivity index (χ0v) is 21.8. The largest absolute Gasteiger partial charge is 0.481 e. The molecule has 0 atom stereocenters. The lowest BCUT2D eigenvalue weighted by atomic mass is 10.1. The Bertz CT molecular complexity index is 1600. The van der Waals surface area contributed by atoms with Crippen LogP contribution >= 0.6 is 0 Å². The molecule has 5 rings (SSSR count). The van der Waals surface area contributed by atoms with Gasteiger partial charge in [0, 0.05) is 36.1 Å². The van der Waals surface area contributed by atoms with Crippen molar-refractivity contribution in [2.75, 3.05) is 6.61 Å². The van der Waals surface area contributed by atoms with Crippen LogP contribution in [0.4, 0.5) is 13.2 Å². The maximum absolute atomic E-state index is 13.0. The van der Waals surface area contributed by atoms with Gasteiger partial charge < -0.3 is 9.84 Å². The number of aromatic nitrogens is 5. The molecule has 3 aromatic heterocycles. The summed E-state index contributed by atoms with van der Waals surface area (Å²) in [6, 6.07) is 23.0. The third-order valence-corrected chi connectivity index (χ3v) is 6.34. The maximum atomic E-state index is 13.0. The maximum Gasteiger partial charge on any atom is 0.417 e. The van der Waals surface area contributed by atoms with E-state index < -0.39 is 17.7 Å². The number of para-hydroxylation sites is 1. The summed E-state index contributed by atoms with van der Waals surface area (Å²) in [5.74, 6) is -0.227. The fraction of sp³-hybridized carbons (Fsp3) is 0.200. The molecule has 210 valence electrons. The smallest absolute Gasteiger partial charge is 0.417 e. The number of ether oxygens (including phenoxy) is 1.